The lowest BCUT2D eigenvalue weighted by Gasteiger charge is -2.37. The minimum Gasteiger partial charge on any atom is -0.343 e. The Hall–Kier alpha value is -0.260. The molecule has 2 aliphatic rings. The molecule has 2 heterocycles. The Balaban J connectivity index is 1.87. The summed E-state index contributed by atoms with van der Waals surface area (Å²) in [4.78, 5) is 8.97. The van der Waals surface area contributed by atoms with Gasteiger partial charge in [0.25, 0.3) is 0 Å². The highest BCUT2D eigenvalue weighted by Crippen LogP contribution is 2.39. The lowest BCUT2D eigenvalue weighted by atomic mass is 9.98. The van der Waals surface area contributed by atoms with Crippen molar-refractivity contribution in [2.45, 2.75) is 50.4 Å². The molecule has 1 aromatic heterocycles. The molecule has 0 bridgehead atoms. The number of rotatable bonds is 2. The lowest BCUT2D eigenvalue weighted by Crippen LogP contribution is -2.44. The highest BCUT2D eigenvalue weighted by Gasteiger charge is 2.30. The van der Waals surface area contributed by atoms with Crippen LogP contribution in [0.1, 0.15) is 43.3 Å². The van der Waals surface area contributed by atoms with Gasteiger partial charge in [0.1, 0.15) is 0 Å². The van der Waals surface area contributed by atoms with Gasteiger partial charge < -0.3 is 10.2 Å². The number of nitrogens with zero attached hydrogens (tertiary/aromatic N) is 2. The topological polar surface area (TPSA) is 28.2 Å². The Kier molecular flexibility index (Phi) is 4.06. The van der Waals surface area contributed by atoms with Gasteiger partial charge in [0.15, 0.2) is 5.13 Å². The van der Waals surface area contributed by atoms with E-state index in [1.54, 1.807) is 0 Å². The molecule has 1 fully saturated rings. The average molecular weight is 297 g/mol. The fraction of sp³-hybridized carbons (Fsp3) is 0.786. The number of thioether (sulfide) groups is 1. The predicted octanol–water partition coefficient (Wildman–Crippen LogP) is 3.07. The Morgan fingerprint density at radius 1 is 1.37 bits per heavy atom. The zero-order valence-electron chi connectivity index (χ0n) is 12.0. The largest absolute Gasteiger partial charge is 0.343 e. The maximum Gasteiger partial charge on any atom is 0.186 e. The van der Waals surface area contributed by atoms with Crippen LogP contribution in [0.4, 0.5) is 5.13 Å². The number of hydrogen-bond donors (Lipinski definition) is 1. The number of aromatic nitrogens is 1. The molecule has 19 heavy (non-hydrogen) atoms. The van der Waals surface area contributed by atoms with Crippen LogP contribution in [-0.4, -0.2) is 35.6 Å². The molecule has 1 aliphatic heterocycles. The molecule has 5 heteroatoms. The molecule has 0 radical (unpaired) electrons. The Morgan fingerprint density at radius 3 is 3.00 bits per heavy atom. The van der Waals surface area contributed by atoms with Crippen molar-refractivity contribution >= 4 is 28.2 Å². The summed E-state index contributed by atoms with van der Waals surface area (Å²) in [6.45, 7) is 5.82. The zero-order chi connectivity index (χ0) is 13.4. The summed E-state index contributed by atoms with van der Waals surface area (Å²) in [7, 11) is 2.07. The number of thiazole rings is 1. The van der Waals surface area contributed by atoms with Crippen LogP contribution in [0, 0.1) is 0 Å². The zero-order valence-corrected chi connectivity index (χ0v) is 13.6. The van der Waals surface area contributed by atoms with E-state index < -0.39 is 0 Å². The van der Waals surface area contributed by atoms with Gasteiger partial charge in [-0.05, 0) is 33.2 Å². The van der Waals surface area contributed by atoms with Crippen LogP contribution in [0.5, 0.6) is 0 Å². The molecule has 0 spiro atoms. The summed E-state index contributed by atoms with van der Waals surface area (Å²) in [5, 5.41) is 5.40. The molecule has 1 N–H and O–H groups in total. The van der Waals surface area contributed by atoms with Gasteiger partial charge >= 0.3 is 0 Å². The molecule has 0 aromatic carbocycles. The van der Waals surface area contributed by atoms with Crippen LogP contribution in [0.2, 0.25) is 0 Å². The summed E-state index contributed by atoms with van der Waals surface area (Å²) in [5.74, 6) is 1.23. The predicted molar refractivity (Wildman–Crippen MR) is 85.6 cm³/mol. The molecule has 106 valence electrons. The van der Waals surface area contributed by atoms with Crippen LogP contribution < -0.4 is 10.2 Å². The van der Waals surface area contributed by atoms with Gasteiger partial charge in [0, 0.05) is 34.5 Å². The fourth-order valence-corrected chi connectivity index (χ4v) is 5.48. The van der Waals surface area contributed by atoms with E-state index >= 15 is 0 Å². The van der Waals surface area contributed by atoms with E-state index in [1.807, 2.05) is 11.3 Å². The standard InChI is InChI=1S/C14H23N3S2/c1-9-10(2)18-8-7-17(9)14-16-12-6-4-5-11(15-3)13(12)19-14/h9-11,15H,4-8H2,1-3H3. The van der Waals surface area contributed by atoms with Crippen LogP contribution in [-0.2, 0) is 6.42 Å². The molecular weight excluding hydrogens is 274 g/mol. The third-order valence-electron chi connectivity index (χ3n) is 4.42. The quantitative estimate of drug-likeness (QED) is 0.908. The van der Waals surface area contributed by atoms with E-state index in [9.17, 15) is 0 Å². The van der Waals surface area contributed by atoms with E-state index in [4.69, 9.17) is 4.98 Å². The molecular formula is C14H23N3S2. The first-order valence-corrected chi connectivity index (χ1v) is 9.12. The normalized spacial score (nSPS) is 31.3. The summed E-state index contributed by atoms with van der Waals surface area (Å²) in [6, 6.07) is 1.13. The summed E-state index contributed by atoms with van der Waals surface area (Å²) < 4.78 is 0. The first-order valence-electron chi connectivity index (χ1n) is 7.26. The summed E-state index contributed by atoms with van der Waals surface area (Å²) in [6.07, 6.45) is 3.69. The van der Waals surface area contributed by atoms with Crippen molar-refractivity contribution in [3.63, 3.8) is 0 Å². The van der Waals surface area contributed by atoms with Crippen molar-refractivity contribution in [2.75, 3.05) is 24.2 Å². The van der Waals surface area contributed by atoms with Crippen molar-refractivity contribution in [2.24, 2.45) is 0 Å². The molecule has 3 unspecified atom stereocenters. The smallest absolute Gasteiger partial charge is 0.186 e. The molecule has 0 amide bonds. The number of nitrogens with one attached hydrogen (secondary N) is 1. The van der Waals surface area contributed by atoms with Gasteiger partial charge in [0.05, 0.1) is 5.69 Å². The molecule has 1 saturated heterocycles. The van der Waals surface area contributed by atoms with Crippen molar-refractivity contribution < 1.29 is 0 Å². The van der Waals surface area contributed by atoms with Crippen LogP contribution in [0.15, 0.2) is 0 Å². The van der Waals surface area contributed by atoms with Gasteiger partial charge in [-0.2, -0.15) is 11.8 Å². The molecule has 3 rings (SSSR count). The van der Waals surface area contributed by atoms with Crippen LogP contribution in [0.3, 0.4) is 0 Å². The Morgan fingerprint density at radius 2 is 2.21 bits per heavy atom. The van der Waals surface area contributed by atoms with E-state index in [-0.39, 0.29) is 0 Å². The second-order valence-electron chi connectivity index (χ2n) is 5.55. The third-order valence-corrected chi connectivity index (χ3v) is 7.00. The van der Waals surface area contributed by atoms with Crippen LogP contribution >= 0.6 is 23.1 Å². The first-order chi connectivity index (χ1) is 9.20. The first kappa shape index (κ1) is 13.7. The third kappa shape index (κ3) is 2.52. The SMILES string of the molecule is CNC1CCCc2nc(N3CCSC(C)C3C)sc21. The van der Waals surface area contributed by atoms with Gasteiger partial charge in [-0.3, -0.25) is 0 Å². The fourth-order valence-electron chi connectivity index (χ4n) is 3.01. The second kappa shape index (κ2) is 5.62. The van der Waals surface area contributed by atoms with Gasteiger partial charge in [-0.1, -0.05) is 18.3 Å². The summed E-state index contributed by atoms with van der Waals surface area (Å²) >= 11 is 4.01. The molecule has 1 aromatic rings. The van der Waals surface area contributed by atoms with Crippen molar-refractivity contribution in [1.82, 2.24) is 10.3 Å². The number of fused-ring (bicyclic) bond motifs is 1. The number of hydrogen-bond acceptors (Lipinski definition) is 5. The highest BCUT2D eigenvalue weighted by atomic mass is 32.2. The Labute approximate surface area is 124 Å². The van der Waals surface area contributed by atoms with Crippen molar-refractivity contribution in [3.8, 4) is 0 Å². The minimum atomic E-state index is 0.530. The lowest BCUT2D eigenvalue weighted by molar-refractivity contribution is 0.501. The van der Waals surface area contributed by atoms with Crippen LogP contribution in [0.25, 0.3) is 0 Å². The molecule has 3 nitrogen and oxygen atoms in total. The van der Waals surface area contributed by atoms with E-state index in [0.717, 1.165) is 13.0 Å². The molecule has 1 aliphatic carbocycles. The molecule has 3 atom stereocenters. The van der Waals surface area contributed by atoms with Gasteiger partial charge in [-0.25, -0.2) is 4.98 Å². The molecule has 0 saturated carbocycles. The highest BCUT2D eigenvalue weighted by molar-refractivity contribution is 8.00. The monoisotopic (exact) mass is 297 g/mol. The average Bonchev–Trinajstić information content (AvgIpc) is 2.85. The van der Waals surface area contributed by atoms with E-state index in [2.05, 4.69) is 42.9 Å². The van der Waals surface area contributed by atoms with Gasteiger partial charge in [-0.15, -0.1) is 0 Å². The van der Waals surface area contributed by atoms with Crippen molar-refractivity contribution in [1.29, 1.82) is 0 Å². The maximum absolute atomic E-state index is 4.95. The second-order valence-corrected chi connectivity index (χ2v) is 8.05. The van der Waals surface area contributed by atoms with E-state index in [1.165, 1.54) is 34.3 Å². The Bertz CT molecular complexity index is 446. The summed E-state index contributed by atoms with van der Waals surface area (Å²) in [5.41, 5.74) is 1.35. The maximum atomic E-state index is 4.95. The number of anilines is 1. The van der Waals surface area contributed by atoms with E-state index in [0.29, 0.717) is 17.3 Å². The number of aryl methyl sites for hydroxylation is 1. The minimum absolute atomic E-state index is 0.530. The van der Waals surface area contributed by atoms with Crippen molar-refractivity contribution in [3.05, 3.63) is 10.6 Å². The van der Waals surface area contributed by atoms with Gasteiger partial charge in [0.2, 0.25) is 0 Å².